The molecule has 0 aliphatic rings. The van der Waals surface area contributed by atoms with Gasteiger partial charge in [-0.25, -0.2) is 0 Å². The van der Waals surface area contributed by atoms with Crippen molar-refractivity contribution in [2.75, 3.05) is 0 Å². The van der Waals surface area contributed by atoms with Crippen molar-refractivity contribution < 1.29 is 0 Å². The first-order valence-electron chi connectivity index (χ1n) is 3.97. The smallest absolute Gasteiger partial charge is 0.190 e. The molecule has 1 rings (SSSR count). The zero-order valence-electron chi connectivity index (χ0n) is 8.10. The Hall–Kier alpha value is -0.633. The molecule has 0 atom stereocenters. The van der Waals surface area contributed by atoms with Crippen LogP contribution in [-0.4, -0.2) is 23.0 Å². The molecule has 0 aliphatic heterocycles. The van der Waals surface area contributed by atoms with Crippen LogP contribution in [0.15, 0.2) is 0 Å². The van der Waals surface area contributed by atoms with E-state index in [0.29, 0.717) is 5.82 Å². The highest BCUT2D eigenvalue weighted by molar-refractivity contribution is 6.83. The maximum Gasteiger partial charge on any atom is 0.227 e. The summed E-state index contributed by atoms with van der Waals surface area (Å²) < 4.78 is 0. The normalized spacial score (nSPS) is 10.6. The van der Waals surface area contributed by atoms with Crippen LogP contribution in [0.25, 0.3) is 0 Å². The minimum Gasteiger partial charge on any atom is -0.190 e. The number of rotatable bonds is 0. The van der Waals surface area contributed by atoms with Crippen LogP contribution in [0.2, 0.25) is 30.2 Å². The second kappa shape index (κ2) is 4.26. The zero-order valence-corrected chi connectivity index (χ0v) is 10.6. The molecule has 0 amide bonds. The predicted molar refractivity (Wildman–Crippen MR) is 60.1 cm³/mol. The van der Waals surface area contributed by atoms with Crippen molar-refractivity contribution in [3.63, 3.8) is 0 Å². The molecule has 0 aliphatic carbocycles. The zero-order chi connectivity index (χ0) is 10.8. The standard InChI is InChI=1S/C8H9Cl2N3Si/c1-14(2,3)5-4-6-11-7(9)13-8(10)12-6/h1-3H3. The molecule has 0 unspecified atom stereocenters. The highest BCUT2D eigenvalue weighted by Gasteiger charge is 2.08. The first-order chi connectivity index (χ1) is 6.37. The molecule has 0 aromatic carbocycles. The Morgan fingerprint density at radius 1 is 1.00 bits per heavy atom. The Morgan fingerprint density at radius 2 is 1.50 bits per heavy atom. The summed E-state index contributed by atoms with van der Waals surface area (Å²) in [5.41, 5.74) is 3.11. The van der Waals surface area contributed by atoms with Crippen molar-refractivity contribution in [3.05, 3.63) is 16.4 Å². The van der Waals surface area contributed by atoms with Gasteiger partial charge in [-0.1, -0.05) is 19.6 Å². The summed E-state index contributed by atoms with van der Waals surface area (Å²) in [6.45, 7) is 6.39. The van der Waals surface area contributed by atoms with Gasteiger partial charge in [-0.05, 0) is 29.1 Å². The summed E-state index contributed by atoms with van der Waals surface area (Å²) in [6, 6.07) is 0. The quantitative estimate of drug-likeness (QED) is 0.521. The van der Waals surface area contributed by atoms with E-state index in [1.54, 1.807) is 0 Å². The lowest BCUT2D eigenvalue weighted by atomic mass is 10.6. The van der Waals surface area contributed by atoms with E-state index in [1.165, 1.54) is 0 Å². The monoisotopic (exact) mass is 245 g/mol. The van der Waals surface area contributed by atoms with Gasteiger partial charge in [0.25, 0.3) is 0 Å². The number of hydrogen-bond donors (Lipinski definition) is 0. The van der Waals surface area contributed by atoms with Crippen molar-refractivity contribution >= 4 is 31.3 Å². The minimum absolute atomic E-state index is 0.0740. The van der Waals surface area contributed by atoms with Crippen LogP contribution >= 0.6 is 23.2 Å². The molecule has 1 heterocycles. The van der Waals surface area contributed by atoms with Gasteiger partial charge in [-0.3, -0.25) is 0 Å². The molecular formula is C8H9Cl2N3Si. The lowest BCUT2D eigenvalue weighted by Gasteiger charge is -2.02. The molecule has 74 valence electrons. The van der Waals surface area contributed by atoms with Crippen molar-refractivity contribution in [3.8, 4) is 11.5 Å². The van der Waals surface area contributed by atoms with Gasteiger partial charge >= 0.3 is 0 Å². The third-order valence-corrected chi connectivity index (χ3v) is 2.34. The topological polar surface area (TPSA) is 38.7 Å². The fourth-order valence-electron chi connectivity index (χ4n) is 0.625. The van der Waals surface area contributed by atoms with E-state index in [-0.39, 0.29) is 10.6 Å². The Morgan fingerprint density at radius 3 is 1.93 bits per heavy atom. The van der Waals surface area contributed by atoms with Gasteiger partial charge < -0.3 is 0 Å². The van der Waals surface area contributed by atoms with Crippen LogP contribution in [0.5, 0.6) is 0 Å². The molecular weight excluding hydrogens is 237 g/mol. The Kier molecular flexibility index (Phi) is 3.48. The molecule has 0 fully saturated rings. The Bertz CT molecular complexity index is 383. The third kappa shape index (κ3) is 4.05. The fourth-order valence-corrected chi connectivity index (χ4v) is 1.48. The van der Waals surface area contributed by atoms with Crippen LogP contribution in [0.1, 0.15) is 5.82 Å². The summed E-state index contributed by atoms with van der Waals surface area (Å²) in [5.74, 6) is 3.18. The van der Waals surface area contributed by atoms with Crippen LogP contribution in [0.3, 0.4) is 0 Å². The first-order valence-corrected chi connectivity index (χ1v) is 8.23. The minimum atomic E-state index is -1.42. The van der Waals surface area contributed by atoms with Gasteiger partial charge in [0.15, 0.2) is 0 Å². The molecule has 0 radical (unpaired) electrons. The second-order valence-electron chi connectivity index (χ2n) is 3.70. The van der Waals surface area contributed by atoms with E-state index in [2.05, 4.69) is 46.1 Å². The molecule has 0 N–H and O–H groups in total. The van der Waals surface area contributed by atoms with Crippen molar-refractivity contribution in [1.29, 1.82) is 0 Å². The SMILES string of the molecule is C[Si](C)(C)C#Cc1nc(Cl)nc(Cl)n1. The van der Waals surface area contributed by atoms with Crippen LogP contribution < -0.4 is 0 Å². The summed E-state index contributed by atoms with van der Waals surface area (Å²) in [4.78, 5) is 11.3. The Labute approximate surface area is 93.9 Å². The summed E-state index contributed by atoms with van der Waals surface area (Å²) in [5, 5.41) is 0.148. The lowest BCUT2D eigenvalue weighted by molar-refractivity contribution is 1.02. The van der Waals surface area contributed by atoms with E-state index in [9.17, 15) is 0 Å². The maximum atomic E-state index is 5.60. The van der Waals surface area contributed by atoms with Crippen LogP contribution in [0, 0.1) is 11.5 Å². The highest BCUT2D eigenvalue weighted by Crippen LogP contribution is 2.05. The lowest BCUT2D eigenvalue weighted by Crippen LogP contribution is -2.16. The second-order valence-corrected chi connectivity index (χ2v) is 9.12. The van der Waals surface area contributed by atoms with E-state index < -0.39 is 8.07 Å². The summed E-state index contributed by atoms with van der Waals surface area (Å²) >= 11 is 11.2. The molecule has 14 heavy (non-hydrogen) atoms. The van der Waals surface area contributed by atoms with E-state index in [4.69, 9.17) is 23.2 Å². The van der Waals surface area contributed by atoms with E-state index in [1.807, 2.05) is 0 Å². The molecule has 3 nitrogen and oxygen atoms in total. The van der Waals surface area contributed by atoms with Crippen molar-refractivity contribution in [2.24, 2.45) is 0 Å². The summed E-state index contributed by atoms with van der Waals surface area (Å²) in [6.07, 6.45) is 0. The van der Waals surface area contributed by atoms with Gasteiger partial charge in [0.2, 0.25) is 16.4 Å². The average Bonchev–Trinajstić information content (AvgIpc) is 1.97. The third-order valence-electron chi connectivity index (χ3n) is 1.13. The van der Waals surface area contributed by atoms with Gasteiger partial charge in [0.1, 0.15) is 8.07 Å². The molecule has 0 saturated carbocycles. The molecule has 1 aromatic rings. The van der Waals surface area contributed by atoms with E-state index in [0.717, 1.165) is 0 Å². The van der Waals surface area contributed by atoms with Crippen molar-refractivity contribution in [2.45, 2.75) is 19.6 Å². The molecule has 0 spiro atoms. The molecule has 0 bridgehead atoms. The maximum absolute atomic E-state index is 5.60. The molecule has 6 heteroatoms. The van der Waals surface area contributed by atoms with Crippen molar-refractivity contribution in [1.82, 2.24) is 15.0 Å². The van der Waals surface area contributed by atoms with Crippen LogP contribution in [-0.2, 0) is 0 Å². The van der Waals surface area contributed by atoms with Crippen LogP contribution in [0.4, 0.5) is 0 Å². The summed E-state index contributed by atoms with van der Waals surface area (Å²) in [7, 11) is -1.42. The number of aromatic nitrogens is 3. The molecule has 1 aromatic heterocycles. The highest BCUT2D eigenvalue weighted by atomic mass is 35.5. The van der Waals surface area contributed by atoms with Gasteiger partial charge in [0.05, 0.1) is 0 Å². The number of hydrogen-bond acceptors (Lipinski definition) is 3. The van der Waals surface area contributed by atoms with Gasteiger partial charge in [-0.2, -0.15) is 15.0 Å². The van der Waals surface area contributed by atoms with Gasteiger partial charge in [0, 0.05) is 0 Å². The predicted octanol–water partition coefficient (Wildman–Crippen LogP) is 2.41. The average molecular weight is 246 g/mol. The van der Waals surface area contributed by atoms with Gasteiger partial charge in [-0.15, -0.1) is 5.54 Å². The largest absolute Gasteiger partial charge is 0.227 e. The molecule has 0 saturated heterocycles. The number of nitrogens with zero attached hydrogens (tertiary/aromatic N) is 3. The first kappa shape index (κ1) is 11.4. The van der Waals surface area contributed by atoms with E-state index >= 15 is 0 Å². The number of halogens is 2. The Balaban J connectivity index is 3.02. The fraction of sp³-hybridized carbons (Fsp3) is 0.375.